The van der Waals surface area contributed by atoms with Gasteiger partial charge in [0.25, 0.3) is 0 Å². The first-order valence-electron chi connectivity index (χ1n) is 6.24. The van der Waals surface area contributed by atoms with Crippen LogP contribution in [0.3, 0.4) is 0 Å². The summed E-state index contributed by atoms with van der Waals surface area (Å²) in [6.45, 7) is 0.0410. The van der Waals surface area contributed by atoms with Gasteiger partial charge in [-0.3, -0.25) is 0 Å². The Hall–Kier alpha value is -2.82. The smallest absolute Gasteiger partial charge is 0.166 e. The summed E-state index contributed by atoms with van der Waals surface area (Å²) in [6.07, 6.45) is 0. The van der Waals surface area contributed by atoms with Gasteiger partial charge >= 0.3 is 0 Å². The van der Waals surface area contributed by atoms with Crippen LogP contribution in [-0.4, -0.2) is 11.7 Å². The maximum absolute atomic E-state index is 13.6. The average Bonchev–Trinajstić information content (AvgIpc) is 2.52. The van der Waals surface area contributed by atoms with Gasteiger partial charge in [-0.25, -0.2) is 4.39 Å². The number of aliphatic hydroxyl groups is 1. The molecule has 0 aliphatic rings. The lowest BCUT2D eigenvalue weighted by Crippen LogP contribution is -1.97. The summed E-state index contributed by atoms with van der Waals surface area (Å²) >= 11 is 0. The van der Waals surface area contributed by atoms with Gasteiger partial charge in [0.2, 0.25) is 0 Å². The quantitative estimate of drug-likeness (QED) is 0.880. The second-order valence-electron chi connectivity index (χ2n) is 4.20. The number of benzene rings is 2. The van der Waals surface area contributed by atoms with E-state index in [1.165, 1.54) is 12.1 Å². The van der Waals surface area contributed by atoms with Gasteiger partial charge < -0.3 is 9.84 Å². The molecule has 104 valence electrons. The lowest BCUT2D eigenvalue weighted by atomic mass is 10.1. The first-order valence-corrected chi connectivity index (χ1v) is 6.24. The van der Waals surface area contributed by atoms with Crippen LogP contribution in [0.1, 0.15) is 16.7 Å². The van der Waals surface area contributed by atoms with Gasteiger partial charge in [-0.15, -0.1) is 0 Å². The fourth-order valence-electron chi connectivity index (χ4n) is 1.67. The van der Waals surface area contributed by atoms with Crippen LogP contribution in [0.15, 0.2) is 42.5 Å². The zero-order chi connectivity index (χ0) is 15.1. The van der Waals surface area contributed by atoms with Crippen molar-refractivity contribution in [2.75, 3.05) is 6.61 Å². The van der Waals surface area contributed by atoms with Crippen LogP contribution in [-0.2, 0) is 6.61 Å². The van der Waals surface area contributed by atoms with Crippen LogP contribution < -0.4 is 4.74 Å². The molecule has 0 amide bonds. The molecule has 0 heterocycles. The van der Waals surface area contributed by atoms with Crippen molar-refractivity contribution >= 4 is 0 Å². The second-order valence-corrected chi connectivity index (χ2v) is 4.20. The summed E-state index contributed by atoms with van der Waals surface area (Å²) in [5.41, 5.74) is 1.91. The Morgan fingerprint density at radius 3 is 2.43 bits per heavy atom. The molecule has 0 fully saturated rings. The van der Waals surface area contributed by atoms with Crippen LogP contribution >= 0.6 is 0 Å². The first-order chi connectivity index (χ1) is 10.2. The highest BCUT2D eigenvalue weighted by Crippen LogP contribution is 2.19. The van der Waals surface area contributed by atoms with E-state index in [1.807, 2.05) is 18.2 Å². The molecule has 2 rings (SSSR count). The predicted octanol–water partition coefficient (Wildman–Crippen LogP) is 2.62. The van der Waals surface area contributed by atoms with E-state index in [2.05, 4.69) is 11.8 Å². The summed E-state index contributed by atoms with van der Waals surface area (Å²) in [4.78, 5) is 0. The normalized spacial score (nSPS) is 9.38. The van der Waals surface area contributed by atoms with Crippen molar-refractivity contribution in [2.45, 2.75) is 6.61 Å². The summed E-state index contributed by atoms with van der Waals surface area (Å²) < 4.78 is 19.0. The lowest BCUT2D eigenvalue weighted by Gasteiger charge is -2.07. The van der Waals surface area contributed by atoms with E-state index in [9.17, 15) is 4.39 Å². The minimum atomic E-state index is -0.556. The molecule has 2 aromatic rings. The molecule has 1 N–H and O–H groups in total. The fraction of sp³-hybridized carbons (Fsp3) is 0.118. The van der Waals surface area contributed by atoms with Crippen molar-refractivity contribution in [3.63, 3.8) is 0 Å². The zero-order valence-electron chi connectivity index (χ0n) is 11.1. The molecule has 0 aliphatic heterocycles. The molecule has 0 unspecified atom stereocenters. The number of aliphatic hydroxyl groups excluding tert-OH is 1. The number of nitriles is 1. The van der Waals surface area contributed by atoms with Gasteiger partial charge in [0.1, 0.15) is 13.2 Å². The monoisotopic (exact) mass is 281 g/mol. The standard InChI is InChI=1S/C17H12FNO2/c18-16-10-15(11-19)7-8-17(16)21-12-14-5-3-13(4-6-14)2-1-9-20/h3-8,10,20H,9,12H2. The second kappa shape index (κ2) is 7.09. The Labute approximate surface area is 122 Å². The van der Waals surface area contributed by atoms with Crippen LogP contribution in [0.2, 0.25) is 0 Å². The van der Waals surface area contributed by atoms with E-state index in [-0.39, 0.29) is 24.5 Å². The summed E-state index contributed by atoms with van der Waals surface area (Å²) in [7, 11) is 0. The molecular formula is C17H12FNO2. The number of rotatable bonds is 3. The average molecular weight is 281 g/mol. The van der Waals surface area contributed by atoms with Crippen LogP contribution in [0.4, 0.5) is 4.39 Å². The van der Waals surface area contributed by atoms with Crippen LogP contribution in [0, 0.1) is 29.0 Å². The minimum Gasteiger partial charge on any atom is -0.486 e. The molecule has 0 radical (unpaired) electrons. The molecule has 0 aromatic heterocycles. The van der Waals surface area contributed by atoms with Gasteiger partial charge in [0.15, 0.2) is 11.6 Å². The molecule has 3 nitrogen and oxygen atoms in total. The molecular weight excluding hydrogens is 269 g/mol. The number of halogens is 1. The molecule has 0 saturated carbocycles. The molecule has 4 heteroatoms. The Balaban J connectivity index is 2.01. The van der Waals surface area contributed by atoms with Crippen molar-refractivity contribution in [3.05, 3.63) is 65.0 Å². The maximum atomic E-state index is 13.6. The van der Waals surface area contributed by atoms with E-state index < -0.39 is 5.82 Å². The molecule has 0 bridgehead atoms. The van der Waals surface area contributed by atoms with Gasteiger partial charge in [-0.05, 0) is 35.9 Å². The maximum Gasteiger partial charge on any atom is 0.166 e. The third-order valence-electron chi connectivity index (χ3n) is 2.72. The summed E-state index contributed by atoms with van der Waals surface area (Å²) in [6, 6.07) is 13.2. The number of hydrogen-bond acceptors (Lipinski definition) is 3. The summed E-state index contributed by atoms with van der Waals surface area (Å²) in [5.74, 6) is 4.90. The molecule has 0 saturated heterocycles. The van der Waals surface area contributed by atoms with E-state index in [0.717, 1.165) is 17.2 Å². The summed E-state index contributed by atoms with van der Waals surface area (Å²) in [5, 5.41) is 17.3. The van der Waals surface area contributed by atoms with Crippen molar-refractivity contribution < 1.29 is 14.2 Å². The van der Waals surface area contributed by atoms with Gasteiger partial charge in [-0.1, -0.05) is 24.0 Å². The van der Waals surface area contributed by atoms with Crippen molar-refractivity contribution in [2.24, 2.45) is 0 Å². The highest BCUT2D eigenvalue weighted by Gasteiger charge is 2.05. The zero-order valence-corrected chi connectivity index (χ0v) is 11.1. The largest absolute Gasteiger partial charge is 0.486 e. The van der Waals surface area contributed by atoms with Crippen molar-refractivity contribution in [3.8, 4) is 23.7 Å². The third-order valence-corrected chi connectivity index (χ3v) is 2.72. The van der Waals surface area contributed by atoms with E-state index in [0.29, 0.717) is 0 Å². The molecule has 21 heavy (non-hydrogen) atoms. The van der Waals surface area contributed by atoms with Crippen LogP contribution in [0.25, 0.3) is 0 Å². The molecule has 0 aliphatic carbocycles. The van der Waals surface area contributed by atoms with Gasteiger partial charge in [-0.2, -0.15) is 5.26 Å². The van der Waals surface area contributed by atoms with E-state index in [4.69, 9.17) is 15.1 Å². The van der Waals surface area contributed by atoms with Crippen molar-refractivity contribution in [1.82, 2.24) is 0 Å². The molecule has 2 aromatic carbocycles. The van der Waals surface area contributed by atoms with Gasteiger partial charge in [0, 0.05) is 5.56 Å². The highest BCUT2D eigenvalue weighted by atomic mass is 19.1. The van der Waals surface area contributed by atoms with Crippen LogP contribution in [0.5, 0.6) is 5.75 Å². The Morgan fingerprint density at radius 1 is 1.10 bits per heavy atom. The predicted molar refractivity (Wildman–Crippen MR) is 75.9 cm³/mol. The Bertz CT molecular complexity index is 721. The highest BCUT2D eigenvalue weighted by molar-refractivity contribution is 5.37. The van der Waals surface area contributed by atoms with E-state index >= 15 is 0 Å². The lowest BCUT2D eigenvalue weighted by molar-refractivity contribution is 0.290. The fourth-order valence-corrected chi connectivity index (χ4v) is 1.67. The van der Waals surface area contributed by atoms with Gasteiger partial charge in [0.05, 0.1) is 11.6 Å². The first kappa shape index (κ1) is 14.6. The minimum absolute atomic E-state index is 0.109. The number of hydrogen-bond donors (Lipinski definition) is 1. The Kier molecular flexibility index (Phi) is 4.93. The topological polar surface area (TPSA) is 53.2 Å². The molecule has 0 spiro atoms. The SMILES string of the molecule is N#Cc1ccc(OCc2ccc(C#CCO)cc2)c(F)c1. The van der Waals surface area contributed by atoms with Crippen molar-refractivity contribution in [1.29, 1.82) is 5.26 Å². The molecule has 0 atom stereocenters. The number of ether oxygens (including phenoxy) is 1. The Morgan fingerprint density at radius 2 is 1.81 bits per heavy atom. The number of nitrogens with zero attached hydrogens (tertiary/aromatic N) is 1. The third kappa shape index (κ3) is 4.07. The van der Waals surface area contributed by atoms with E-state index in [1.54, 1.807) is 12.1 Å².